The highest BCUT2D eigenvalue weighted by Crippen LogP contribution is 2.37. The Morgan fingerprint density at radius 1 is 1.33 bits per heavy atom. The van der Waals surface area contributed by atoms with E-state index >= 15 is 0 Å². The minimum Gasteiger partial charge on any atom is -0.432 e. The van der Waals surface area contributed by atoms with Gasteiger partial charge in [0.25, 0.3) is 5.24 Å². The Hall–Kier alpha value is -0.580. The zero-order chi connectivity index (χ0) is 11.6. The van der Waals surface area contributed by atoms with Crippen LogP contribution in [0.25, 0.3) is 0 Å². The third kappa shape index (κ3) is 2.93. The summed E-state index contributed by atoms with van der Waals surface area (Å²) in [5.74, 6) is -0.458. The van der Waals surface area contributed by atoms with Gasteiger partial charge in [-0.1, -0.05) is 23.2 Å². The molecule has 15 heavy (non-hydrogen) atoms. The van der Waals surface area contributed by atoms with E-state index in [0.717, 1.165) is 0 Å². The maximum absolute atomic E-state index is 12.0. The van der Waals surface area contributed by atoms with E-state index in [1.807, 2.05) is 0 Å². The zero-order valence-corrected chi connectivity index (χ0v) is 9.21. The summed E-state index contributed by atoms with van der Waals surface area (Å²) >= 11 is 16.3. The fraction of sp³-hybridized carbons (Fsp3) is 0.125. The first kappa shape index (κ1) is 12.5. The SMILES string of the molecule is O=C(Cl)c1ccc(Cl)c(OC(F)F)c1Cl. The van der Waals surface area contributed by atoms with E-state index < -0.39 is 17.6 Å². The Kier molecular flexibility index (Phi) is 4.13. The van der Waals surface area contributed by atoms with Crippen LogP contribution < -0.4 is 4.74 Å². The molecule has 0 bridgehead atoms. The largest absolute Gasteiger partial charge is 0.432 e. The molecule has 2 nitrogen and oxygen atoms in total. The molecule has 0 N–H and O–H groups in total. The van der Waals surface area contributed by atoms with Crippen LogP contribution in [0.3, 0.4) is 0 Å². The molecule has 82 valence electrons. The average Bonchev–Trinajstić information content (AvgIpc) is 2.11. The zero-order valence-electron chi connectivity index (χ0n) is 6.94. The van der Waals surface area contributed by atoms with Gasteiger partial charge in [0.05, 0.1) is 15.6 Å². The molecule has 0 aliphatic carbocycles. The molecule has 0 atom stereocenters. The number of carbonyl (C=O) groups excluding carboxylic acids is 1. The molecule has 0 unspecified atom stereocenters. The maximum atomic E-state index is 12.0. The smallest absolute Gasteiger partial charge is 0.387 e. The lowest BCUT2D eigenvalue weighted by Gasteiger charge is -2.10. The molecule has 0 spiro atoms. The summed E-state index contributed by atoms with van der Waals surface area (Å²) in [4.78, 5) is 10.8. The summed E-state index contributed by atoms with van der Waals surface area (Å²) in [6.45, 7) is -3.08. The summed E-state index contributed by atoms with van der Waals surface area (Å²) in [7, 11) is 0. The van der Waals surface area contributed by atoms with E-state index in [1.165, 1.54) is 12.1 Å². The molecular weight excluding hydrogens is 272 g/mol. The first-order chi connectivity index (χ1) is 6.93. The molecule has 1 aromatic carbocycles. The van der Waals surface area contributed by atoms with Crippen LogP contribution in [-0.4, -0.2) is 11.9 Å². The summed E-state index contributed by atoms with van der Waals surface area (Å²) in [6, 6.07) is 2.42. The van der Waals surface area contributed by atoms with E-state index in [4.69, 9.17) is 34.8 Å². The Balaban J connectivity index is 3.24. The van der Waals surface area contributed by atoms with Crippen molar-refractivity contribution in [3.8, 4) is 5.75 Å². The van der Waals surface area contributed by atoms with Gasteiger partial charge in [0.15, 0.2) is 5.75 Å². The van der Waals surface area contributed by atoms with E-state index in [9.17, 15) is 13.6 Å². The number of alkyl halides is 2. The van der Waals surface area contributed by atoms with Gasteiger partial charge in [0.2, 0.25) is 0 Å². The monoisotopic (exact) mass is 274 g/mol. The van der Waals surface area contributed by atoms with Gasteiger partial charge < -0.3 is 4.74 Å². The minimum absolute atomic E-state index is 0.123. The highest BCUT2D eigenvalue weighted by molar-refractivity contribution is 6.69. The molecule has 0 heterocycles. The maximum Gasteiger partial charge on any atom is 0.387 e. The van der Waals surface area contributed by atoms with Crippen molar-refractivity contribution in [3.05, 3.63) is 27.7 Å². The van der Waals surface area contributed by atoms with Crippen LogP contribution in [0.1, 0.15) is 10.4 Å². The van der Waals surface area contributed by atoms with Crippen LogP contribution in [0.5, 0.6) is 5.75 Å². The third-order valence-electron chi connectivity index (χ3n) is 1.47. The number of hydrogen-bond acceptors (Lipinski definition) is 2. The van der Waals surface area contributed by atoms with Crippen LogP contribution in [0.4, 0.5) is 8.78 Å². The molecule has 0 fully saturated rings. The minimum atomic E-state index is -3.08. The van der Waals surface area contributed by atoms with E-state index in [2.05, 4.69) is 4.74 Å². The number of rotatable bonds is 3. The topological polar surface area (TPSA) is 26.3 Å². The van der Waals surface area contributed by atoms with Gasteiger partial charge in [-0.2, -0.15) is 8.78 Å². The predicted molar refractivity (Wildman–Crippen MR) is 53.3 cm³/mol. The van der Waals surface area contributed by atoms with Crippen molar-refractivity contribution in [1.82, 2.24) is 0 Å². The Morgan fingerprint density at radius 3 is 2.40 bits per heavy atom. The van der Waals surface area contributed by atoms with Crippen molar-refractivity contribution in [2.75, 3.05) is 0 Å². The second-order valence-electron chi connectivity index (χ2n) is 2.39. The van der Waals surface area contributed by atoms with Gasteiger partial charge >= 0.3 is 6.61 Å². The summed E-state index contributed by atoms with van der Waals surface area (Å²) in [5, 5.41) is -1.33. The first-order valence-electron chi connectivity index (χ1n) is 3.56. The average molecular weight is 275 g/mol. The molecule has 0 saturated carbocycles. The van der Waals surface area contributed by atoms with Crippen LogP contribution in [0, 0.1) is 0 Å². The molecule has 0 aromatic heterocycles. The second kappa shape index (κ2) is 4.96. The number of benzene rings is 1. The van der Waals surface area contributed by atoms with Crippen LogP contribution >= 0.6 is 34.8 Å². The van der Waals surface area contributed by atoms with E-state index in [0.29, 0.717) is 0 Å². The number of halogens is 5. The van der Waals surface area contributed by atoms with Gasteiger partial charge in [-0.05, 0) is 23.7 Å². The van der Waals surface area contributed by atoms with Crippen molar-refractivity contribution in [2.45, 2.75) is 6.61 Å². The number of hydrogen-bond donors (Lipinski definition) is 0. The van der Waals surface area contributed by atoms with Crippen molar-refractivity contribution in [2.24, 2.45) is 0 Å². The van der Waals surface area contributed by atoms with Gasteiger partial charge in [0.1, 0.15) is 0 Å². The van der Waals surface area contributed by atoms with Crippen molar-refractivity contribution < 1.29 is 18.3 Å². The van der Waals surface area contributed by atoms with Crippen LogP contribution in [0.2, 0.25) is 10.0 Å². The van der Waals surface area contributed by atoms with Crippen LogP contribution in [0.15, 0.2) is 12.1 Å². The number of carbonyl (C=O) groups is 1. The highest BCUT2D eigenvalue weighted by atomic mass is 35.5. The summed E-state index contributed by atoms with van der Waals surface area (Å²) in [6.07, 6.45) is 0. The van der Waals surface area contributed by atoms with Crippen molar-refractivity contribution in [1.29, 1.82) is 0 Å². The van der Waals surface area contributed by atoms with E-state index in [1.54, 1.807) is 0 Å². The summed E-state index contributed by atoms with van der Waals surface area (Å²) < 4.78 is 28.0. The molecule has 0 amide bonds. The lowest BCUT2D eigenvalue weighted by Crippen LogP contribution is -2.04. The lowest BCUT2D eigenvalue weighted by atomic mass is 10.2. The van der Waals surface area contributed by atoms with Gasteiger partial charge in [-0.3, -0.25) is 4.79 Å². The fourth-order valence-corrected chi connectivity index (χ4v) is 1.63. The predicted octanol–water partition coefficient (Wildman–Crippen LogP) is 3.97. The van der Waals surface area contributed by atoms with Crippen LogP contribution in [-0.2, 0) is 0 Å². The normalized spacial score (nSPS) is 10.5. The molecule has 1 rings (SSSR count). The number of ether oxygens (including phenoxy) is 1. The first-order valence-corrected chi connectivity index (χ1v) is 4.69. The Labute approximate surface area is 98.7 Å². The molecular formula is C8H3Cl3F2O2. The Morgan fingerprint density at radius 2 is 1.93 bits per heavy atom. The standard InChI is InChI=1S/C8H3Cl3F2O2/c9-4-2-1-3(7(11)14)5(10)6(4)15-8(12)13/h1-2,8H. The lowest BCUT2D eigenvalue weighted by molar-refractivity contribution is -0.0497. The quantitative estimate of drug-likeness (QED) is 0.780. The third-order valence-corrected chi connectivity index (χ3v) is 2.34. The van der Waals surface area contributed by atoms with Gasteiger partial charge in [-0.25, -0.2) is 0 Å². The van der Waals surface area contributed by atoms with Gasteiger partial charge in [0, 0.05) is 0 Å². The molecule has 7 heteroatoms. The molecule has 0 aliphatic rings. The Bertz CT molecular complexity index is 396. The highest BCUT2D eigenvalue weighted by Gasteiger charge is 2.18. The van der Waals surface area contributed by atoms with Gasteiger partial charge in [-0.15, -0.1) is 0 Å². The second-order valence-corrected chi connectivity index (χ2v) is 3.52. The van der Waals surface area contributed by atoms with Crippen molar-refractivity contribution in [3.63, 3.8) is 0 Å². The molecule has 1 aromatic rings. The fourth-order valence-electron chi connectivity index (χ4n) is 0.881. The molecule has 0 aliphatic heterocycles. The summed E-state index contributed by atoms with van der Waals surface area (Å²) in [5.41, 5.74) is -0.140. The molecule has 0 saturated heterocycles. The van der Waals surface area contributed by atoms with E-state index in [-0.39, 0.29) is 15.6 Å². The van der Waals surface area contributed by atoms with Crippen molar-refractivity contribution >= 4 is 40.0 Å². The molecule has 0 radical (unpaired) electrons.